The summed E-state index contributed by atoms with van der Waals surface area (Å²) < 4.78 is 0. The van der Waals surface area contributed by atoms with E-state index in [0.717, 1.165) is 17.7 Å². The molecule has 0 spiro atoms. The third-order valence-electron chi connectivity index (χ3n) is 3.78. The van der Waals surface area contributed by atoms with Crippen molar-refractivity contribution in [1.29, 1.82) is 0 Å². The molecule has 1 aromatic heterocycles. The van der Waals surface area contributed by atoms with E-state index in [9.17, 15) is 5.11 Å². The molecule has 1 aromatic carbocycles. The minimum Gasteiger partial charge on any atom is -0.396 e. The molecule has 0 bridgehead atoms. The average molecular weight is 359 g/mol. The van der Waals surface area contributed by atoms with Gasteiger partial charge in [0.2, 0.25) is 0 Å². The van der Waals surface area contributed by atoms with Gasteiger partial charge in [0.15, 0.2) is 0 Å². The van der Waals surface area contributed by atoms with Crippen molar-refractivity contribution in [2.45, 2.75) is 19.3 Å². The molecule has 2 aromatic rings. The number of hydrogen-bond acceptors (Lipinski definition) is 4. The van der Waals surface area contributed by atoms with Crippen LogP contribution in [0.5, 0.6) is 0 Å². The Kier molecular flexibility index (Phi) is 4.46. The fraction of sp³-hybridized carbons (Fsp3) is 0.333. The molecule has 1 aliphatic rings. The van der Waals surface area contributed by atoms with Gasteiger partial charge in [-0.15, -0.1) is 0 Å². The van der Waals surface area contributed by atoms with Crippen LogP contribution in [0.25, 0.3) is 0 Å². The molecule has 2 heterocycles. The normalized spacial score (nSPS) is 17.5. The highest BCUT2D eigenvalue weighted by Crippen LogP contribution is 2.43. The van der Waals surface area contributed by atoms with Gasteiger partial charge in [0.05, 0.1) is 17.3 Å². The SMILES string of the molecule is Cc1nc(Cl)c2c(n1)N(c1ccc(Cl)cc1Cl)CCC2CO. The minimum atomic E-state index is -0.0644. The first-order chi connectivity index (χ1) is 10.5. The predicted molar refractivity (Wildman–Crippen MR) is 89.7 cm³/mol. The summed E-state index contributed by atoms with van der Waals surface area (Å²) in [6.07, 6.45) is 0.745. The zero-order valence-electron chi connectivity index (χ0n) is 11.9. The molecule has 3 rings (SSSR count). The van der Waals surface area contributed by atoms with E-state index in [2.05, 4.69) is 9.97 Å². The Morgan fingerprint density at radius 1 is 1.27 bits per heavy atom. The van der Waals surface area contributed by atoms with E-state index in [1.807, 2.05) is 11.0 Å². The molecule has 1 aliphatic heterocycles. The topological polar surface area (TPSA) is 49.2 Å². The van der Waals surface area contributed by atoms with Crippen molar-refractivity contribution in [2.24, 2.45) is 0 Å². The summed E-state index contributed by atoms with van der Waals surface area (Å²) in [6, 6.07) is 5.35. The van der Waals surface area contributed by atoms with E-state index >= 15 is 0 Å². The van der Waals surface area contributed by atoms with Crippen LogP contribution in [0.4, 0.5) is 11.5 Å². The zero-order chi connectivity index (χ0) is 15.9. The standard InChI is InChI=1S/C15H14Cl3N3O/c1-8-19-14(18)13-9(7-22)4-5-21(15(13)20-8)12-3-2-10(16)6-11(12)17/h2-3,6,9,22H,4-5,7H2,1H3. The maximum absolute atomic E-state index is 9.60. The van der Waals surface area contributed by atoms with Crippen molar-refractivity contribution < 1.29 is 5.11 Å². The Morgan fingerprint density at radius 2 is 2.05 bits per heavy atom. The predicted octanol–water partition coefficient (Wildman–Crippen LogP) is 4.36. The number of hydrogen-bond donors (Lipinski definition) is 1. The van der Waals surface area contributed by atoms with Crippen LogP contribution in [-0.2, 0) is 0 Å². The Labute approximate surface area is 143 Å². The number of aromatic nitrogens is 2. The van der Waals surface area contributed by atoms with Crippen molar-refractivity contribution in [3.63, 3.8) is 0 Å². The van der Waals surface area contributed by atoms with E-state index in [1.54, 1.807) is 19.1 Å². The van der Waals surface area contributed by atoms with Gasteiger partial charge in [-0.1, -0.05) is 34.8 Å². The van der Waals surface area contributed by atoms with Crippen molar-refractivity contribution in [3.8, 4) is 0 Å². The van der Waals surface area contributed by atoms with Gasteiger partial charge in [-0.05, 0) is 31.5 Å². The molecule has 0 fully saturated rings. The summed E-state index contributed by atoms with van der Waals surface area (Å²) in [4.78, 5) is 10.7. The zero-order valence-corrected chi connectivity index (χ0v) is 14.1. The highest BCUT2D eigenvalue weighted by Gasteiger charge is 2.31. The monoisotopic (exact) mass is 357 g/mol. The fourth-order valence-corrected chi connectivity index (χ4v) is 3.61. The number of fused-ring (bicyclic) bond motifs is 1. The quantitative estimate of drug-likeness (QED) is 0.810. The molecule has 0 amide bonds. The van der Waals surface area contributed by atoms with Crippen LogP contribution in [-0.4, -0.2) is 28.2 Å². The Bertz CT molecular complexity index is 723. The number of rotatable bonds is 2. The van der Waals surface area contributed by atoms with Crippen LogP contribution in [0.2, 0.25) is 15.2 Å². The largest absolute Gasteiger partial charge is 0.396 e. The summed E-state index contributed by atoms with van der Waals surface area (Å²) in [5.41, 5.74) is 1.59. The van der Waals surface area contributed by atoms with Gasteiger partial charge < -0.3 is 10.0 Å². The Hall–Kier alpha value is -1.07. The number of anilines is 2. The number of aliphatic hydroxyl groups is 1. The number of benzene rings is 1. The number of nitrogens with zero attached hydrogens (tertiary/aromatic N) is 3. The summed E-state index contributed by atoms with van der Waals surface area (Å²) in [7, 11) is 0. The van der Waals surface area contributed by atoms with Gasteiger partial charge >= 0.3 is 0 Å². The van der Waals surface area contributed by atoms with Crippen molar-refractivity contribution in [2.75, 3.05) is 18.1 Å². The lowest BCUT2D eigenvalue weighted by molar-refractivity contribution is 0.257. The second kappa shape index (κ2) is 6.20. The van der Waals surface area contributed by atoms with E-state index in [4.69, 9.17) is 34.8 Å². The van der Waals surface area contributed by atoms with Gasteiger partial charge in [-0.2, -0.15) is 0 Å². The summed E-state index contributed by atoms with van der Waals surface area (Å²) >= 11 is 18.6. The molecule has 0 saturated carbocycles. The van der Waals surface area contributed by atoms with Gasteiger partial charge in [0.1, 0.15) is 16.8 Å². The lowest BCUT2D eigenvalue weighted by Crippen LogP contribution is -2.30. The van der Waals surface area contributed by atoms with Gasteiger partial charge in [0.25, 0.3) is 0 Å². The number of aryl methyl sites for hydroxylation is 1. The van der Waals surface area contributed by atoms with E-state index < -0.39 is 0 Å². The molecule has 1 atom stereocenters. The van der Waals surface area contributed by atoms with Crippen molar-refractivity contribution in [1.82, 2.24) is 9.97 Å². The van der Waals surface area contributed by atoms with E-state index in [0.29, 0.717) is 33.4 Å². The highest BCUT2D eigenvalue weighted by molar-refractivity contribution is 6.36. The van der Waals surface area contributed by atoms with Gasteiger partial charge in [0, 0.05) is 23.0 Å². The van der Waals surface area contributed by atoms with Crippen molar-refractivity contribution in [3.05, 3.63) is 44.8 Å². The number of halogens is 3. The first-order valence-electron chi connectivity index (χ1n) is 6.88. The summed E-state index contributed by atoms with van der Waals surface area (Å²) in [6.45, 7) is 2.49. The van der Waals surface area contributed by atoms with E-state index in [1.165, 1.54) is 0 Å². The van der Waals surface area contributed by atoms with Gasteiger partial charge in [-0.25, -0.2) is 9.97 Å². The molecular formula is C15H14Cl3N3O. The smallest absolute Gasteiger partial charge is 0.141 e. The van der Waals surface area contributed by atoms with Crippen LogP contribution in [0.3, 0.4) is 0 Å². The Balaban J connectivity index is 2.16. The fourth-order valence-electron chi connectivity index (χ4n) is 2.74. The molecule has 1 unspecified atom stereocenters. The maximum Gasteiger partial charge on any atom is 0.141 e. The lowest BCUT2D eigenvalue weighted by Gasteiger charge is -2.34. The van der Waals surface area contributed by atoms with Gasteiger partial charge in [-0.3, -0.25) is 0 Å². The third kappa shape index (κ3) is 2.76. The van der Waals surface area contributed by atoms with Crippen LogP contribution in [0.15, 0.2) is 18.2 Å². The second-order valence-corrected chi connectivity index (χ2v) is 6.42. The molecule has 22 heavy (non-hydrogen) atoms. The average Bonchev–Trinajstić information content (AvgIpc) is 2.46. The van der Waals surface area contributed by atoms with Crippen molar-refractivity contribution >= 4 is 46.3 Å². The van der Waals surface area contributed by atoms with Crippen LogP contribution in [0.1, 0.15) is 23.7 Å². The van der Waals surface area contributed by atoms with Crippen LogP contribution >= 0.6 is 34.8 Å². The molecule has 0 aliphatic carbocycles. The third-order valence-corrected chi connectivity index (χ3v) is 4.60. The molecule has 0 saturated heterocycles. The molecule has 116 valence electrons. The summed E-state index contributed by atoms with van der Waals surface area (Å²) in [5, 5.41) is 11.1. The summed E-state index contributed by atoms with van der Waals surface area (Å²) in [5.74, 6) is 1.22. The molecule has 0 radical (unpaired) electrons. The molecule has 4 nitrogen and oxygen atoms in total. The maximum atomic E-state index is 9.60. The first-order valence-corrected chi connectivity index (χ1v) is 8.02. The highest BCUT2D eigenvalue weighted by atomic mass is 35.5. The first kappa shape index (κ1) is 15.8. The molecular weight excluding hydrogens is 345 g/mol. The van der Waals surface area contributed by atoms with E-state index in [-0.39, 0.29) is 12.5 Å². The Morgan fingerprint density at radius 3 is 2.73 bits per heavy atom. The minimum absolute atomic E-state index is 0.0152. The van der Waals surface area contributed by atoms with Crippen LogP contribution < -0.4 is 4.90 Å². The molecule has 1 N–H and O–H groups in total. The lowest BCUT2D eigenvalue weighted by atomic mass is 9.93. The molecule has 7 heteroatoms. The number of aliphatic hydroxyl groups excluding tert-OH is 1. The second-order valence-electron chi connectivity index (χ2n) is 5.21. The van der Waals surface area contributed by atoms with Crippen LogP contribution in [0, 0.1) is 6.92 Å².